The normalized spacial score (nSPS) is 18.4. The van der Waals surface area contributed by atoms with E-state index in [1.165, 1.54) is 29.2 Å². The van der Waals surface area contributed by atoms with Crippen molar-refractivity contribution < 1.29 is 45.0 Å². The molecule has 0 radical (unpaired) electrons. The number of aliphatic hydroxyl groups is 2. The van der Waals surface area contributed by atoms with Gasteiger partial charge in [-0.3, -0.25) is 0 Å². The molecule has 2 heterocycles. The largest absolute Gasteiger partial charge is 0.424 e. The lowest BCUT2D eigenvalue weighted by Crippen LogP contribution is -2.48. The van der Waals surface area contributed by atoms with Gasteiger partial charge < -0.3 is 10.2 Å². The molecule has 0 saturated heterocycles. The molecule has 0 bridgehead atoms. The van der Waals surface area contributed by atoms with E-state index in [9.17, 15) is 45.0 Å². The summed E-state index contributed by atoms with van der Waals surface area (Å²) in [5, 5.41) is 25.8. The number of rotatable bonds is 8. The van der Waals surface area contributed by atoms with E-state index in [4.69, 9.17) is 0 Å². The van der Waals surface area contributed by atoms with Crippen molar-refractivity contribution in [2.45, 2.75) is 43.3 Å². The van der Waals surface area contributed by atoms with Crippen LogP contribution in [0.3, 0.4) is 0 Å². The highest BCUT2D eigenvalue weighted by Gasteiger charge is 2.64. The Morgan fingerprint density at radius 2 is 1.71 bits per heavy atom. The smallest absolute Gasteiger partial charge is 0.381 e. The van der Waals surface area contributed by atoms with E-state index >= 15 is 0 Å². The van der Waals surface area contributed by atoms with Crippen LogP contribution in [0.4, 0.5) is 26.3 Å². The zero-order chi connectivity index (χ0) is 28.3. The molecule has 1 aromatic carbocycles. The van der Waals surface area contributed by atoms with Gasteiger partial charge in [0.2, 0.25) is 5.60 Å². The van der Waals surface area contributed by atoms with E-state index in [1.807, 2.05) is 0 Å². The fourth-order valence-corrected chi connectivity index (χ4v) is 5.05. The van der Waals surface area contributed by atoms with Gasteiger partial charge in [-0.2, -0.15) is 44.2 Å². The van der Waals surface area contributed by atoms with Gasteiger partial charge in [0.15, 0.2) is 11.9 Å². The van der Waals surface area contributed by atoms with Crippen LogP contribution in [0.2, 0.25) is 0 Å². The molecule has 16 heteroatoms. The van der Waals surface area contributed by atoms with Crippen LogP contribution in [0.5, 0.6) is 0 Å². The zero-order valence-corrected chi connectivity index (χ0v) is 20.8. The van der Waals surface area contributed by atoms with Crippen LogP contribution in [0.25, 0.3) is 5.69 Å². The molecule has 0 aliphatic heterocycles. The number of aliphatic hydroxyl groups excluding tert-OH is 1. The first-order valence-corrected chi connectivity index (χ1v) is 12.5. The van der Waals surface area contributed by atoms with Crippen LogP contribution in [-0.4, -0.2) is 68.1 Å². The van der Waals surface area contributed by atoms with Crippen LogP contribution < -0.4 is 0 Å². The Bertz CT molecular complexity index is 1400. The maximum absolute atomic E-state index is 14.4. The standard InChI is InChI=1S/C22H23F6N5O4S/c1-31(2)38(36,37)33-13-15(12-19(8-9-19)21(23,24)25)30-18(33)17(34)20(35,22(26,27)28)14-4-6-16(7-5-14)32-11-3-10-29-32/h3-7,10-11,13,17,34-35H,8-9,12H2,1-2H3/t17-,20-/m0/s1. The summed E-state index contributed by atoms with van der Waals surface area (Å²) >= 11 is 0. The number of hydrogen-bond acceptors (Lipinski definition) is 6. The minimum absolute atomic E-state index is 0.161. The molecule has 38 heavy (non-hydrogen) atoms. The van der Waals surface area contributed by atoms with E-state index in [-0.39, 0.29) is 16.8 Å². The van der Waals surface area contributed by atoms with Crippen LogP contribution in [0.1, 0.15) is 36.0 Å². The molecule has 0 unspecified atom stereocenters. The summed E-state index contributed by atoms with van der Waals surface area (Å²) in [5.41, 5.74) is -7.32. The molecule has 1 fully saturated rings. The van der Waals surface area contributed by atoms with Crippen molar-refractivity contribution in [3.05, 3.63) is 66.0 Å². The van der Waals surface area contributed by atoms with Gasteiger partial charge in [0.05, 0.1) is 16.8 Å². The first-order chi connectivity index (χ1) is 17.4. The van der Waals surface area contributed by atoms with E-state index < -0.39 is 63.2 Å². The maximum Gasteiger partial charge on any atom is 0.424 e. The molecule has 9 nitrogen and oxygen atoms in total. The van der Waals surface area contributed by atoms with Gasteiger partial charge >= 0.3 is 22.6 Å². The number of alkyl halides is 6. The van der Waals surface area contributed by atoms with Crippen molar-refractivity contribution in [1.82, 2.24) is 23.0 Å². The molecule has 0 amide bonds. The molecule has 208 valence electrons. The van der Waals surface area contributed by atoms with Crippen molar-refractivity contribution in [3.63, 3.8) is 0 Å². The summed E-state index contributed by atoms with van der Waals surface area (Å²) in [6.07, 6.45) is -11.0. The van der Waals surface area contributed by atoms with Gasteiger partial charge in [0, 0.05) is 39.1 Å². The third-order valence-corrected chi connectivity index (χ3v) is 8.30. The average molecular weight is 568 g/mol. The summed E-state index contributed by atoms with van der Waals surface area (Å²) in [7, 11) is -2.60. The van der Waals surface area contributed by atoms with Gasteiger partial charge in [-0.25, -0.2) is 13.6 Å². The Hall–Kier alpha value is -2.95. The minimum atomic E-state index is -5.57. The van der Waals surface area contributed by atoms with Crippen LogP contribution in [-0.2, 0) is 22.2 Å². The highest BCUT2D eigenvalue weighted by molar-refractivity contribution is 7.87. The number of halogens is 6. The monoisotopic (exact) mass is 567 g/mol. The van der Waals surface area contributed by atoms with Crippen LogP contribution >= 0.6 is 0 Å². The molecule has 2 aromatic heterocycles. The van der Waals surface area contributed by atoms with Crippen molar-refractivity contribution in [2.75, 3.05) is 14.1 Å². The second kappa shape index (κ2) is 9.07. The molecule has 1 aliphatic rings. The van der Waals surface area contributed by atoms with E-state index in [2.05, 4.69) is 10.1 Å². The molecular weight excluding hydrogens is 544 g/mol. The Labute approximate surface area is 213 Å². The molecule has 1 saturated carbocycles. The number of benzene rings is 1. The summed E-state index contributed by atoms with van der Waals surface area (Å²) in [6, 6.07) is 5.66. The number of aromatic nitrogens is 4. The topological polar surface area (TPSA) is 113 Å². The average Bonchev–Trinajstić information content (AvgIpc) is 3.23. The van der Waals surface area contributed by atoms with Crippen molar-refractivity contribution in [3.8, 4) is 5.69 Å². The van der Waals surface area contributed by atoms with Crippen molar-refractivity contribution in [2.24, 2.45) is 5.41 Å². The van der Waals surface area contributed by atoms with Gasteiger partial charge in [0.25, 0.3) is 0 Å². The predicted octanol–water partition coefficient (Wildman–Crippen LogP) is 3.09. The van der Waals surface area contributed by atoms with Crippen LogP contribution in [0, 0.1) is 5.41 Å². The minimum Gasteiger partial charge on any atom is -0.381 e. The van der Waals surface area contributed by atoms with Gasteiger partial charge in [-0.1, -0.05) is 12.1 Å². The molecule has 3 aromatic rings. The summed E-state index contributed by atoms with van der Waals surface area (Å²) < 4.78 is 111. The predicted molar refractivity (Wildman–Crippen MR) is 120 cm³/mol. The molecule has 4 rings (SSSR count). The Kier molecular flexibility index (Phi) is 6.70. The first-order valence-electron chi connectivity index (χ1n) is 11.1. The highest BCUT2D eigenvalue weighted by atomic mass is 32.2. The third-order valence-electron chi connectivity index (χ3n) is 6.58. The number of imidazole rings is 1. The molecular formula is C22H23F6N5O4S. The summed E-state index contributed by atoms with van der Waals surface area (Å²) in [6.45, 7) is 0. The van der Waals surface area contributed by atoms with E-state index in [1.54, 1.807) is 6.07 Å². The van der Waals surface area contributed by atoms with Crippen molar-refractivity contribution in [1.29, 1.82) is 0 Å². The zero-order valence-electron chi connectivity index (χ0n) is 19.9. The quantitative estimate of drug-likeness (QED) is 0.405. The lowest BCUT2D eigenvalue weighted by atomic mass is 9.86. The van der Waals surface area contributed by atoms with Gasteiger partial charge in [-0.15, -0.1) is 0 Å². The Morgan fingerprint density at radius 1 is 1.11 bits per heavy atom. The van der Waals surface area contributed by atoms with Crippen LogP contribution in [0.15, 0.2) is 48.9 Å². The number of nitrogens with zero attached hydrogens (tertiary/aromatic N) is 5. The lowest BCUT2D eigenvalue weighted by molar-refractivity contribution is -0.301. The number of hydrogen-bond donors (Lipinski definition) is 2. The SMILES string of the molecule is CN(C)S(=O)(=O)n1cc(CC2(C(F)(F)F)CC2)nc1[C@H](O)[C@@](O)(c1ccc(-n2cccn2)cc1)C(F)(F)F. The fourth-order valence-electron chi connectivity index (χ4n) is 4.07. The molecule has 1 aliphatic carbocycles. The summed E-state index contributed by atoms with van der Waals surface area (Å²) in [5.74, 6) is -1.19. The first kappa shape index (κ1) is 28.1. The summed E-state index contributed by atoms with van der Waals surface area (Å²) in [4.78, 5) is 3.69. The van der Waals surface area contributed by atoms with Gasteiger partial charge in [-0.05, 0) is 36.6 Å². The molecule has 0 spiro atoms. The second-order valence-electron chi connectivity index (χ2n) is 9.30. The lowest BCUT2D eigenvalue weighted by Gasteiger charge is -2.35. The van der Waals surface area contributed by atoms with Gasteiger partial charge in [0.1, 0.15) is 0 Å². The Morgan fingerprint density at radius 3 is 2.16 bits per heavy atom. The highest BCUT2D eigenvalue weighted by Crippen LogP contribution is 2.59. The van der Waals surface area contributed by atoms with Crippen molar-refractivity contribution >= 4 is 10.2 Å². The molecule has 2 atom stereocenters. The van der Waals surface area contributed by atoms with E-state index in [0.717, 1.165) is 26.2 Å². The third kappa shape index (κ3) is 4.58. The Balaban J connectivity index is 1.83. The molecule has 2 N–H and O–H groups in total. The fraction of sp³-hybridized carbons (Fsp3) is 0.455. The second-order valence-corrected chi connectivity index (χ2v) is 11.3. The maximum atomic E-state index is 14.4. The van der Waals surface area contributed by atoms with E-state index in [0.29, 0.717) is 16.2 Å².